The summed E-state index contributed by atoms with van der Waals surface area (Å²) >= 11 is 7.58. The van der Waals surface area contributed by atoms with Crippen molar-refractivity contribution >= 4 is 61.5 Å². The highest BCUT2D eigenvalue weighted by Crippen LogP contribution is 2.31. The maximum Gasteiger partial charge on any atom is 0.326 e. The lowest BCUT2D eigenvalue weighted by molar-refractivity contribution is -0.140. The summed E-state index contributed by atoms with van der Waals surface area (Å²) in [5.41, 5.74) is 3.12. The molecule has 0 spiro atoms. The molecule has 36 heavy (non-hydrogen) atoms. The van der Waals surface area contributed by atoms with Crippen LogP contribution in [-0.4, -0.2) is 42.6 Å². The molecule has 3 heterocycles. The average Bonchev–Trinajstić information content (AvgIpc) is 3.45. The van der Waals surface area contributed by atoms with E-state index in [1.807, 2.05) is 42.5 Å². The van der Waals surface area contributed by atoms with Crippen LogP contribution in [0.3, 0.4) is 0 Å². The fourth-order valence-electron chi connectivity index (χ4n) is 3.80. The minimum atomic E-state index is -1.09. The summed E-state index contributed by atoms with van der Waals surface area (Å²) in [4.78, 5) is 28.9. The number of benzene rings is 2. The molecule has 5 aromatic rings. The normalized spacial score (nSPS) is 12.2. The van der Waals surface area contributed by atoms with Crippen LogP contribution in [0, 0.1) is 5.92 Å². The quantitative estimate of drug-likeness (QED) is 0.268. The van der Waals surface area contributed by atoms with E-state index in [1.165, 1.54) is 11.3 Å². The minimum absolute atomic E-state index is 0.248. The predicted octanol–water partition coefficient (Wildman–Crippen LogP) is 5.24. The van der Waals surface area contributed by atoms with Crippen molar-refractivity contribution in [1.29, 1.82) is 0 Å². The third-order valence-electron chi connectivity index (χ3n) is 5.64. The molecule has 2 aromatic carbocycles. The number of aliphatic carboxylic acids is 1. The lowest BCUT2D eigenvalue weighted by Crippen LogP contribution is -2.44. The van der Waals surface area contributed by atoms with Gasteiger partial charge in [-0.25, -0.2) is 9.78 Å². The Morgan fingerprint density at radius 1 is 1.08 bits per heavy atom. The first-order chi connectivity index (χ1) is 17.3. The molecule has 5 rings (SSSR count). The molecule has 3 N–H and O–H groups in total. The SMILES string of the molecule is CC(C)[C@H](NC(=O)c1cccn2c(-c3ccc(Nc4nc5ccc(Cl)cc5s4)cc3)nnc12)C(=O)O. The first-order valence-electron chi connectivity index (χ1n) is 11.1. The Kier molecular flexibility index (Phi) is 6.29. The summed E-state index contributed by atoms with van der Waals surface area (Å²) in [6, 6.07) is 15.5. The molecule has 11 heteroatoms. The number of carboxylic acid groups (broad SMARTS) is 1. The third-order valence-corrected chi connectivity index (χ3v) is 6.81. The van der Waals surface area contributed by atoms with E-state index >= 15 is 0 Å². The van der Waals surface area contributed by atoms with Gasteiger partial charge < -0.3 is 15.7 Å². The molecule has 0 radical (unpaired) electrons. The van der Waals surface area contributed by atoms with Crippen LogP contribution >= 0.6 is 22.9 Å². The maximum atomic E-state index is 12.8. The molecule has 0 saturated carbocycles. The number of anilines is 2. The largest absolute Gasteiger partial charge is 0.480 e. The molecule has 1 amide bonds. The van der Waals surface area contributed by atoms with Gasteiger partial charge in [0.1, 0.15) is 6.04 Å². The predicted molar refractivity (Wildman–Crippen MR) is 140 cm³/mol. The molecule has 3 aromatic heterocycles. The summed E-state index contributed by atoms with van der Waals surface area (Å²) in [7, 11) is 0. The van der Waals surface area contributed by atoms with Crippen LogP contribution in [-0.2, 0) is 4.79 Å². The van der Waals surface area contributed by atoms with Gasteiger partial charge in [-0.15, -0.1) is 10.2 Å². The Morgan fingerprint density at radius 2 is 1.86 bits per heavy atom. The first kappa shape index (κ1) is 23.7. The van der Waals surface area contributed by atoms with E-state index in [1.54, 1.807) is 36.6 Å². The molecule has 0 aliphatic carbocycles. The second-order valence-electron chi connectivity index (χ2n) is 8.51. The summed E-state index contributed by atoms with van der Waals surface area (Å²) in [6.07, 6.45) is 1.76. The molecule has 0 aliphatic heterocycles. The molecule has 1 atom stereocenters. The number of carboxylic acids is 1. The van der Waals surface area contributed by atoms with Crippen LogP contribution < -0.4 is 10.6 Å². The number of thiazole rings is 1. The second-order valence-corrected chi connectivity index (χ2v) is 9.97. The number of carbonyl (C=O) groups is 2. The lowest BCUT2D eigenvalue weighted by atomic mass is 10.0. The van der Waals surface area contributed by atoms with Gasteiger partial charge in [0.2, 0.25) is 0 Å². The minimum Gasteiger partial charge on any atom is -0.480 e. The Labute approximate surface area is 214 Å². The van der Waals surface area contributed by atoms with Gasteiger partial charge >= 0.3 is 5.97 Å². The van der Waals surface area contributed by atoms with Crippen LogP contribution in [0.1, 0.15) is 24.2 Å². The molecular weight excluding hydrogens is 500 g/mol. The first-order valence-corrected chi connectivity index (χ1v) is 12.3. The van der Waals surface area contributed by atoms with Gasteiger partial charge in [-0.3, -0.25) is 9.20 Å². The number of pyridine rings is 1. The lowest BCUT2D eigenvalue weighted by Gasteiger charge is -2.17. The number of nitrogens with zero attached hydrogens (tertiary/aromatic N) is 4. The van der Waals surface area contributed by atoms with Crippen molar-refractivity contribution in [3.05, 3.63) is 71.4 Å². The van der Waals surface area contributed by atoms with Crippen LogP contribution in [0.4, 0.5) is 10.8 Å². The zero-order chi connectivity index (χ0) is 25.4. The van der Waals surface area contributed by atoms with E-state index in [2.05, 4.69) is 25.8 Å². The van der Waals surface area contributed by atoms with Crippen molar-refractivity contribution in [3.63, 3.8) is 0 Å². The molecule has 0 aliphatic rings. The van der Waals surface area contributed by atoms with Crippen molar-refractivity contribution < 1.29 is 14.7 Å². The van der Waals surface area contributed by atoms with Gasteiger partial charge in [-0.2, -0.15) is 0 Å². The van der Waals surface area contributed by atoms with Gasteiger partial charge in [0, 0.05) is 22.5 Å². The number of aromatic nitrogens is 4. The Bertz CT molecular complexity index is 1600. The summed E-state index contributed by atoms with van der Waals surface area (Å²) in [6.45, 7) is 3.47. The molecule has 0 saturated heterocycles. The van der Waals surface area contributed by atoms with Gasteiger partial charge in [0.15, 0.2) is 16.6 Å². The Hall–Kier alpha value is -4.02. The van der Waals surface area contributed by atoms with E-state index in [9.17, 15) is 14.7 Å². The van der Waals surface area contributed by atoms with Gasteiger partial charge in [0.25, 0.3) is 5.91 Å². The standard InChI is InChI=1S/C25H21ClN6O3S/c1-13(2)20(24(34)35)29-23(33)17-4-3-11-32-21(30-31-22(17)32)14-5-8-16(9-6-14)27-25-28-18-10-7-15(26)12-19(18)36-25/h3-13,20H,1-2H3,(H,27,28)(H,29,33)(H,34,35)/t20-/m0/s1. The summed E-state index contributed by atoms with van der Waals surface area (Å²) in [5.74, 6) is -1.32. The van der Waals surface area contributed by atoms with Crippen molar-refractivity contribution in [3.8, 4) is 11.4 Å². The molecular formula is C25H21ClN6O3S. The molecule has 9 nitrogen and oxygen atoms in total. The highest BCUT2D eigenvalue weighted by Gasteiger charge is 2.25. The molecule has 0 fully saturated rings. The number of hydrogen-bond acceptors (Lipinski definition) is 7. The van der Waals surface area contributed by atoms with E-state index in [0.717, 1.165) is 26.6 Å². The number of halogens is 1. The van der Waals surface area contributed by atoms with Gasteiger partial charge in [-0.1, -0.05) is 36.8 Å². The zero-order valence-corrected chi connectivity index (χ0v) is 20.8. The summed E-state index contributed by atoms with van der Waals surface area (Å²) in [5, 5.41) is 25.2. The van der Waals surface area contributed by atoms with Crippen molar-refractivity contribution in [2.24, 2.45) is 5.92 Å². The fourth-order valence-corrected chi connectivity index (χ4v) is 4.96. The van der Waals surface area contributed by atoms with Gasteiger partial charge in [0.05, 0.1) is 15.8 Å². The van der Waals surface area contributed by atoms with Crippen LogP contribution in [0.5, 0.6) is 0 Å². The van der Waals surface area contributed by atoms with E-state index < -0.39 is 17.9 Å². The molecule has 0 bridgehead atoms. The van der Waals surface area contributed by atoms with Crippen molar-refractivity contribution in [2.75, 3.05) is 5.32 Å². The van der Waals surface area contributed by atoms with E-state index in [0.29, 0.717) is 16.5 Å². The number of rotatable bonds is 7. The number of carbonyl (C=O) groups excluding carboxylic acids is 1. The number of hydrogen-bond donors (Lipinski definition) is 3. The molecule has 182 valence electrons. The highest BCUT2D eigenvalue weighted by molar-refractivity contribution is 7.22. The topological polar surface area (TPSA) is 122 Å². The Balaban J connectivity index is 1.39. The highest BCUT2D eigenvalue weighted by atomic mass is 35.5. The van der Waals surface area contributed by atoms with E-state index in [4.69, 9.17) is 11.6 Å². The fraction of sp³-hybridized carbons (Fsp3) is 0.160. The van der Waals surface area contributed by atoms with Crippen molar-refractivity contribution in [1.82, 2.24) is 24.9 Å². The number of fused-ring (bicyclic) bond motifs is 2. The van der Waals surface area contributed by atoms with Crippen LogP contribution in [0.2, 0.25) is 5.02 Å². The maximum absolute atomic E-state index is 12.8. The molecule has 0 unspecified atom stereocenters. The average molecular weight is 521 g/mol. The monoisotopic (exact) mass is 520 g/mol. The van der Waals surface area contributed by atoms with E-state index in [-0.39, 0.29) is 11.5 Å². The summed E-state index contributed by atoms with van der Waals surface area (Å²) < 4.78 is 2.71. The van der Waals surface area contributed by atoms with Gasteiger partial charge in [-0.05, 0) is 60.5 Å². The smallest absolute Gasteiger partial charge is 0.326 e. The second kappa shape index (κ2) is 9.56. The van der Waals surface area contributed by atoms with Crippen LogP contribution in [0.15, 0.2) is 60.8 Å². The van der Waals surface area contributed by atoms with Crippen molar-refractivity contribution in [2.45, 2.75) is 19.9 Å². The Morgan fingerprint density at radius 3 is 2.58 bits per heavy atom. The zero-order valence-electron chi connectivity index (χ0n) is 19.3. The number of amides is 1. The third kappa shape index (κ3) is 4.60. The number of nitrogens with one attached hydrogen (secondary N) is 2. The van der Waals surface area contributed by atoms with Crippen LogP contribution in [0.25, 0.3) is 27.3 Å².